The molecular formula is C48H59F3N4O4. The van der Waals surface area contributed by atoms with Crippen molar-refractivity contribution in [2.45, 2.75) is 145 Å². The van der Waals surface area contributed by atoms with Gasteiger partial charge in [-0.15, -0.1) is 0 Å². The van der Waals surface area contributed by atoms with E-state index in [4.69, 9.17) is 9.90 Å². The Morgan fingerprint density at radius 2 is 0.881 bits per heavy atom. The molecule has 316 valence electrons. The zero-order chi connectivity index (χ0) is 41.1. The Morgan fingerprint density at radius 1 is 0.542 bits per heavy atom. The van der Waals surface area contributed by atoms with Crippen LogP contribution in [-0.4, -0.2) is 64.0 Å². The molecule has 0 aromatic heterocycles. The summed E-state index contributed by atoms with van der Waals surface area (Å²) in [5, 5.41) is 13.8. The summed E-state index contributed by atoms with van der Waals surface area (Å²) in [6.07, 6.45) is 12.7. The zero-order valence-corrected chi connectivity index (χ0v) is 34.0. The first-order chi connectivity index (χ1) is 28.5. The fourth-order valence-electron chi connectivity index (χ4n) is 11.6. The summed E-state index contributed by atoms with van der Waals surface area (Å²) in [4.78, 5) is 40.6. The van der Waals surface area contributed by atoms with Crippen LogP contribution in [0.5, 0.6) is 0 Å². The third-order valence-electron chi connectivity index (χ3n) is 14.4. The Labute approximate surface area is 346 Å². The number of hydrogen-bond acceptors (Lipinski definition) is 5. The van der Waals surface area contributed by atoms with E-state index in [9.17, 15) is 22.8 Å². The van der Waals surface area contributed by atoms with Gasteiger partial charge in [0.15, 0.2) is 0 Å². The predicted molar refractivity (Wildman–Crippen MR) is 220 cm³/mol. The number of carbonyl (C=O) groups is 3. The molecule has 9 rings (SSSR count). The number of amides is 2. The molecule has 0 unspecified atom stereocenters. The minimum Gasteiger partial charge on any atom is -0.475 e. The summed E-state index contributed by atoms with van der Waals surface area (Å²) in [6.45, 7) is 2.41. The number of hydrogen-bond donors (Lipinski definition) is 3. The fraction of sp³-hybridized carbons (Fsp3) is 0.562. The fourth-order valence-corrected chi connectivity index (χ4v) is 11.6. The number of carboxylic acid groups (broad SMARTS) is 1. The molecule has 11 heteroatoms. The molecule has 2 amide bonds. The molecule has 0 spiro atoms. The molecule has 2 saturated carbocycles. The number of aliphatic carboxylic acids is 1. The van der Waals surface area contributed by atoms with Crippen LogP contribution in [0.25, 0.3) is 0 Å². The van der Waals surface area contributed by atoms with Crippen LogP contribution < -0.4 is 10.6 Å². The largest absolute Gasteiger partial charge is 0.490 e. The third kappa shape index (κ3) is 9.72. The van der Waals surface area contributed by atoms with Gasteiger partial charge in [-0.2, -0.15) is 13.2 Å². The Kier molecular flexibility index (Phi) is 12.8. The Morgan fingerprint density at radius 3 is 1.20 bits per heavy atom. The van der Waals surface area contributed by atoms with E-state index in [1.54, 1.807) is 22.3 Å². The molecule has 2 aliphatic carbocycles. The van der Waals surface area contributed by atoms with Gasteiger partial charge in [0, 0.05) is 36.3 Å². The van der Waals surface area contributed by atoms with Crippen LogP contribution in [0.3, 0.4) is 0 Å². The van der Waals surface area contributed by atoms with E-state index in [-0.39, 0.29) is 23.9 Å². The van der Waals surface area contributed by atoms with Crippen molar-refractivity contribution in [3.63, 3.8) is 0 Å². The molecule has 8 nitrogen and oxygen atoms in total. The van der Waals surface area contributed by atoms with E-state index in [0.717, 1.165) is 48.6 Å². The van der Waals surface area contributed by atoms with Crippen molar-refractivity contribution in [1.82, 2.24) is 20.4 Å². The number of alkyl halides is 3. The van der Waals surface area contributed by atoms with Crippen molar-refractivity contribution < 1.29 is 32.7 Å². The molecule has 4 fully saturated rings. The first kappa shape index (κ1) is 41.5. The summed E-state index contributed by atoms with van der Waals surface area (Å²) in [5.41, 5.74) is 8.30. The van der Waals surface area contributed by atoms with Gasteiger partial charge >= 0.3 is 12.1 Å². The highest BCUT2D eigenvalue weighted by molar-refractivity contribution is 5.80. The average Bonchev–Trinajstić information content (AvgIpc) is 3.99. The van der Waals surface area contributed by atoms with Gasteiger partial charge in [0.1, 0.15) is 0 Å². The van der Waals surface area contributed by atoms with Crippen LogP contribution in [0.2, 0.25) is 0 Å². The van der Waals surface area contributed by atoms with Gasteiger partial charge in [-0.1, -0.05) is 72.8 Å². The smallest absolute Gasteiger partial charge is 0.475 e. The van der Waals surface area contributed by atoms with Crippen LogP contribution in [0.15, 0.2) is 72.8 Å². The molecule has 3 N–H and O–H groups in total. The number of fused-ring (bicyclic) bond motifs is 10. The van der Waals surface area contributed by atoms with Crippen LogP contribution in [0.1, 0.15) is 147 Å². The molecule has 3 aromatic rings. The van der Waals surface area contributed by atoms with E-state index in [2.05, 4.69) is 75.0 Å². The summed E-state index contributed by atoms with van der Waals surface area (Å²) in [5.74, 6) is -1.01. The molecule has 59 heavy (non-hydrogen) atoms. The lowest BCUT2D eigenvalue weighted by Gasteiger charge is -2.31. The summed E-state index contributed by atoms with van der Waals surface area (Å²) < 4.78 is 31.7. The zero-order valence-electron chi connectivity index (χ0n) is 34.0. The predicted octanol–water partition coefficient (Wildman–Crippen LogP) is 9.32. The third-order valence-corrected chi connectivity index (χ3v) is 14.4. The SMILES string of the molecule is O=C(Cc1cccc(CC(=O)NC2CCC(CCN3[C@@H]4CC[C@H]3c3ccccc34)CC2)c1)NC1CCC(CCN2[C@@H]3CC[C@H]2c2ccccc23)CC1.O=C(O)C(F)(F)F. The van der Waals surface area contributed by atoms with E-state index in [1.807, 2.05) is 18.2 Å². The van der Waals surface area contributed by atoms with Crippen molar-refractivity contribution >= 4 is 17.8 Å². The number of carbonyl (C=O) groups excluding carboxylic acids is 2. The van der Waals surface area contributed by atoms with Gasteiger partial charge in [0.2, 0.25) is 11.8 Å². The highest BCUT2D eigenvalue weighted by Gasteiger charge is 2.44. The van der Waals surface area contributed by atoms with Gasteiger partial charge in [0.05, 0.1) is 12.8 Å². The van der Waals surface area contributed by atoms with E-state index >= 15 is 0 Å². The van der Waals surface area contributed by atoms with E-state index < -0.39 is 12.1 Å². The Hall–Kier alpha value is -4.22. The maximum absolute atomic E-state index is 13.1. The van der Waals surface area contributed by atoms with Crippen LogP contribution >= 0.6 is 0 Å². The molecule has 2 saturated heterocycles. The molecule has 0 radical (unpaired) electrons. The van der Waals surface area contributed by atoms with Crippen molar-refractivity contribution in [3.05, 3.63) is 106 Å². The van der Waals surface area contributed by atoms with Crippen molar-refractivity contribution in [2.24, 2.45) is 11.8 Å². The summed E-state index contributed by atoms with van der Waals surface area (Å²) in [7, 11) is 0. The number of benzene rings is 3. The number of nitrogens with one attached hydrogen (secondary N) is 2. The molecule has 4 aliphatic heterocycles. The molecule has 3 aromatic carbocycles. The van der Waals surface area contributed by atoms with Crippen molar-refractivity contribution in [3.8, 4) is 0 Å². The van der Waals surface area contributed by atoms with Gasteiger partial charge in [-0.05, 0) is 148 Å². The van der Waals surface area contributed by atoms with Gasteiger partial charge < -0.3 is 15.7 Å². The van der Waals surface area contributed by atoms with E-state index in [0.29, 0.717) is 37.0 Å². The van der Waals surface area contributed by atoms with Crippen molar-refractivity contribution in [2.75, 3.05) is 13.1 Å². The summed E-state index contributed by atoms with van der Waals surface area (Å²) in [6, 6.07) is 29.4. The lowest BCUT2D eigenvalue weighted by atomic mass is 9.84. The van der Waals surface area contributed by atoms with E-state index in [1.165, 1.54) is 77.3 Å². The maximum atomic E-state index is 13.1. The lowest BCUT2D eigenvalue weighted by molar-refractivity contribution is -0.192. The highest BCUT2D eigenvalue weighted by Crippen LogP contribution is 2.54. The average molecular weight is 813 g/mol. The number of carboxylic acids is 1. The molecule has 4 atom stereocenters. The van der Waals surface area contributed by atoms with Gasteiger partial charge in [-0.25, -0.2) is 4.79 Å². The lowest BCUT2D eigenvalue weighted by Crippen LogP contribution is -2.39. The van der Waals surface area contributed by atoms with Crippen LogP contribution in [0, 0.1) is 11.8 Å². The summed E-state index contributed by atoms with van der Waals surface area (Å²) >= 11 is 0. The monoisotopic (exact) mass is 812 g/mol. The first-order valence-electron chi connectivity index (χ1n) is 22.2. The van der Waals surface area contributed by atoms with Crippen LogP contribution in [0.4, 0.5) is 13.2 Å². The number of nitrogens with zero attached hydrogens (tertiary/aromatic N) is 2. The topological polar surface area (TPSA) is 102 Å². The van der Waals surface area contributed by atoms with Gasteiger partial charge in [0.25, 0.3) is 0 Å². The van der Waals surface area contributed by atoms with Gasteiger partial charge in [-0.3, -0.25) is 19.4 Å². The molecule has 4 bridgehead atoms. The Bertz CT molecular complexity index is 1770. The molecule has 4 heterocycles. The minimum atomic E-state index is -5.08. The Balaban J connectivity index is 0.000000637. The second kappa shape index (κ2) is 18.2. The minimum absolute atomic E-state index is 0.107. The quantitative estimate of drug-likeness (QED) is 0.169. The normalized spacial score (nSPS) is 28.3. The maximum Gasteiger partial charge on any atom is 0.490 e. The van der Waals surface area contributed by atoms with Crippen LogP contribution in [-0.2, 0) is 27.2 Å². The second-order valence-corrected chi connectivity index (χ2v) is 18.1. The van der Waals surface area contributed by atoms with Crippen molar-refractivity contribution in [1.29, 1.82) is 0 Å². The number of halogens is 3. The highest BCUT2D eigenvalue weighted by atomic mass is 19.4. The molecule has 6 aliphatic rings. The number of rotatable bonds is 12. The first-order valence-corrected chi connectivity index (χ1v) is 22.2. The standard InChI is InChI=1S/C46H58N4O2.C2HF3O2/c51-45(47-35-16-12-31(13-17-35)24-26-49-41-20-21-42(49)38-9-2-1-8-37(38)41)29-33-6-5-7-34(28-33)30-46(52)48-36-18-14-32(15-19-36)25-27-50-43-22-23-44(50)40-11-4-3-10-39(40)43;3-2(4,5)1(6)7/h1-11,28,31-32,35-36,41-44H,12-27,29-30H2,(H,47,51)(H,48,52);(H,6,7)/t31?,32?,35?,36?,41-,42+,43-,44+;. The second-order valence-electron chi connectivity index (χ2n) is 18.1. The molecular weight excluding hydrogens is 754 g/mol.